The molecule has 0 aliphatic carbocycles. The van der Waals surface area contributed by atoms with Crippen LogP contribution >= 0.6 is 51.7 Å². The summed E-state index contributed by atoms with van der Waals surface area (Å²) < 4.78 is 6.03. The van der Waals surface area contributed by atoms with E-state index >= 15 is 0 Å². The van der Waals surface area contributed by atoms with Crippen LogP contribution in [0.15, 0.2) is 15.7 Å². The van der Waals surface area contributed by atoms with Crippen LogP contribution in [-0.4, -0.2) is 79.7 Å². The van der Waals surface area contributed by atoms with Gasteiger partial charge in [0.1, 0.15) is 0 Å². The zero-order valence-electron chi connectivity index (χ0n) is 15.6. The van der Waals surface area contributed by atoms with Crippen molar-refractivity contribution >= 4 is 63.6 Å². The van der Waals surface area contributed by atoms with Gasteiger partial charge in [0, 0.05) is 39.8 Å². The van der Waals surface area contributed by atoms with E-state index in [0.29, 0.717) is 11.8 Å². The highest BCUT2D eigenvalue weighted by atomic mass is 127. The quantitative estimate of drug-likeness (QED) is 0.239. The Morgan fingerprint density at radius 3 is 2.69 bits per heavy atom. The number of piperazine rings is 1. The third-order valence-corrected chi connectivity index (χ3v) is 5.27. The molecule has 1 aliphatic heterocycles. The topological polar surface area (TPSA) is 65.9 Å². The zero-order valence-corrected chi connectivity index (χ0v) is 20.3. The molecule has 1 saturated heterocycles. The molecule has 0 unspecified atom stereocenters. The van der Waals surface area contributed by atoms with Gasteiger partial charge in [0.05, 0.1) is 17.8 Å². The first-order valence-corrected chi connectivity index (χ1v) is 10.6. The van der Waals surface area contributed by atoms with Gasteiger partial charge in [0.15, 0.2) is 5.96 Å². The third kappa shape index (κ3) is 6.91. The second-order valence-electron chi connectivity index (χ2n) is 5.68. The van der Waals surface area contributed by atoms with Crippen molar-refractivity contribution in [3.05, 3.63) is 10.7 Å². The molecular weight excluding hydrogens is 531 g/mol. The Morgan fingerprint density at radius 2 is 2.08 bits per heavy atom. The van der Waals surface area contributed by atoms with Crippen molar-refractivity contribution in [1.29, 1.82) is 0 Å². The van der Waals surface area contributed by atoms with Crippen LogP contribution in [0.4, 0.5) is 5.95 Å². The molecule has 7 nitrogen and oxygen atoms in total. The number of rotatable bonds is 7. The number of hydrogen-bond donors (Lipinski definition) is 1. The Morgan fingerprint density at radius 1 is 1.35 bits per heavy atom. The van der Waals surface area contributed by atoms with Crippen molar-refractivity contribution in [1.82, 2.24) is 20.2 Å². The summed E-state index contributed by atoms with van der Waals surface area (Å²) in [5.41, 5.74) is 0. The molecule has 0 radical (unpaired) electrons. The molecule has 26 heavy (non-hydrogen) atoms. The number of thioether (sulfide) groups is 1. The van der Waals surface area contributed by atoms with Gasteiger partial charge in [-0.25, -0.2) is 4.98 Å². The molecule has 1 fully saturated rings. The molecule has 2 rings (SSSR count). The van der Waals surface area contributed by atoms with Crippen molar-refractivity contribution < 1.29 is 4.74 Å². The summed E-state index contributed by atoms with van der Waals surface area (Å²) in [6.07, 6.45) is 6.30. The molecule has 1 aromatic heterocycles. The fourth-order valence-electron chi connectivity index (χ4n) is 2.66. The van der Waals surface area contributed by atoms with Crippen molar-refractivity contribution in [3.63, 3.8) is 0 Å². The molecule has 10 heteroatoms. The zero-order chi connectivity index (χ0) is 18.1. The number of aromatic nitrogens is 2. The number of guanidine groups is 1. The molecular formula is C16H28BrIN6OS. The average molecular weight is 559 g/mol. The number of hydrogen-bond acceptors (Lipinski definition) is 6. The van der Waals surface area contributed by atoms with Gasteiger partial charge < -0.3 is 19.9 Å². The summed E-state index contributed by atoms with van der Waals surface area (Å²) in [5.74, 6) is 3.48. The van der Waals surface area contributed by atoms with Gasteiger partial charge in [0.25, 0.3) is 0 Å². The van der Waals surface area contributed by atoms with E-state index < -0.39 is 0 Å². The molecule has 0 spiro atoms. The van der Waals surface area contributed by atoms with Crippen LogP contribution in [0.1, 0.15) is 12.8 Å². The fourth-order valence-corrected chi connectivity index (χ4v) is 3.51. The molecule has 2 heterocycles. The summed E-state index contributed by atoms with van der Waals surface area (Å²) in [6.45, 7) is 4.48. The van der Waals surface area contributed by atoms with Crippen molar-refractivity contribution in [2.75, 3.05) is 63.8 Å². The Bertz CT molecular complexity index is 572. The number of aliphatic imine (C=N–C) groups is 1. The van der Waals surface area contributed by atoms with Crippen molar-refractivity contribution in [2.24, 2.45) is 4.99 Å². The number of ether oxygens (including phenoxy) is 1. The molecule has 1 aromatic rings. The van der Waals surface area contributed by atoms with Gasteiger partial charge in [-0.2, -0.15) is 16.7 Å². The standard InChI is InChI=1S/C16H27BrN6OS.HI/c1-18-15(19-6-4-5-11-25-3)22-7-9-23(10-8-22)16-20-12-13(17)14(21-16)24-2;/h12H,4-11H2,1-3H3,(H,18,19);1H. The van der Waals surface area contributed by atoms with Gasteiger partial charge in [-0.05, 0) is 40.8 Å². The molecule has 0 saturated carbocycles. The van der Waals surface area contributed by atoms with E-state index in [1.54, 1.807) is 13.3 Å². The number of halogens is 2. The Labute approximate surface area is 185 Å². The van der Waals surface area contributed by atoms with Crippen LogP contribution in [0.25, 0.3) is 0 Å². The van der Waals surface area contributed by atoms with Crippen LogP contribution in [0.3, 0.4) is 0 Å². The summed E-state index contributed by atoms with van der Waals surface area (Å²) in [4.78, 5) is 17.7. The summed E-state index contributed by atoms with van der Waals surface area (Å²) in [6, 6.07) is 0. The molecule has 1 aliphatic rings. The van der Waals surface area contributed by atoms with Gasteiger partial charge in [0.2, 0.25) is 11.8 Å². The Balaban J connectivity index is 0.00000338. The molecule has 0 bridgehead atoms. The van der Waals surface area contributed by atoms with Crippen molar-refractivity contribution in [3.8, 4) is 5.88 Å². The Kier molecular flexibility index (Phi) is 11.6. The predicted molar refractivity (Wildman–Crippen MR) is 124 cm³/mol. The molecule has 1 N–H and O–H groups in total. The summed E-state index contributed by atoms with van der Waals surface area (Å²) in [7, 11) is 3.46. The predicted octanol–water partition coefficient (Wildman–Crippen LogP) is 2.71. The average Bonchev–Trinajstić information content (AvgIpc) is 2.65. The Hall–Kier alpha value is -0.490. The number of nitrogens with zero attached hydrogens (tertiary/aromatic N) is 5. The van der Waals surface area contributed by atoms with Crippen molar-refractivity contribution in [2.45, 2.75) is 12.8 Å². The first-order valence-electron chi connectivity index (χ1n) is 8.45. The molecule has 0 atom stereocenters. The molecule has 148 valence electrons. The maximum Gasteiger partial charge on any atom is 0.232 e. The summed E-state index contributed by atoms with van der Waals surface area (Å²) >= 11 is 5.29. The normalized spacial score (nSPS) is 14.8. The van der Waals surface area contributed by atoms with E-state index in [9.17, 15) is 0 Å². The maximum absolute atomic E-state index is 5.26. The number of methoxy groups -OCH3 is 1. The monoisotopic (exact) mass is 558 g/mol. The second kappa shape index (κ2) is 12.8. The molecule has 0 aromatic carbocycles. The highest BCUT2D eigenvalue weighted by molar-refractivity contribution is 14.0. The van der Waals surface area contributed by atoms with Gasteiger partial charge >= 0.3 is 0 Å². The number of nitrogens with one attached hydrogen (secondary N) is 1. The number of unbranched alkanes of at least 4 members (excludes halogenated alkanes) is 1. The first-order chi connectivity index (χ1) is 12.2. The highest BCUT2D eigenvalue weighted by Crippen LogP contribution is 2.23. The lowest BCUT2D eigenvalue weighted by Crippen LogP contribution is -2.53. The van der Waals surface area contributed by atoms with Crippen LogP contribution in [0.2, 0.25) is 0 Å². The van der Waals surface area contributed by atoms with Crippen LogP contribution < -0.4 is 15.0 Å². The van der Waals surface area contributed by atoms with Gasteiger partial charge in [-0.1, -0.05) is 0 Å². The maximum atomic E-state index is 5.26. The van der Waals surface area contributed by atoms with E-state index in [1.807, 2.05) is 18.8 Å². The number of anilines is 1. The van der Waals surface area contributed by atoms with Crippen LogP contribution in [0.5, 0.6) is 5.88 Å². The minimum Gasteiger partial charge on any atom is -0.480 e. The lowest BCUT2D eigenvalue weighted by atomic mass is 10.3. The second-order valence-corrected chi connectivity index (χ2v) is 7.52. The van der Waals surface area contributed by atoms with E-state index in [0.717, 1.165) is 43.2 Å². The highest BCUT2D eigenvalue weighted by Gasteiger charge is 2.22. The third-order valence-electron chi connectivity index (χ3n) is 4.02. The van der Waals surface area contributed by atoms with E-state index in [2.05, 4.69) is 52.3 Å². The van der Waals surface area contributed by atoms with E-state index in [-0.39, 0.29) is 24.0 Å². The van der Waals surface area contributed by atoms with E-state index in [4.69, 9.17) is 4.74 Å². The first kappa shape index (κ1) is 23.5. The van der Waals surface area contributed by atoms with Crippen LogP contribution in [0, 0.1) is 0 Å². The van der Waals surface area contributed by atoms with Gasteiger partial charge in [-0.15, -0.1) is 24.0 Å². The largest absolute Gasteiger partial charge is 0.480 e. The van der Waals surface area contributed by atoms with Crippen LogP contribution in [-0.2, 0) is 0 Å². The summed E-state index contributed by atoms with van der Waals surface area (Å²) in [5, 5.41) is 3.47. The minimum absolute atomic E-state index is 0. The fraction of sp³-hybridized carbons (Fsp3) is 0.688. The lowest BCUT2D eigenvalue weighted by molar-refractivity contribution is 0.366. The SMILES string of the molecule is CN=C(NCCCCSC)N1CCN(c2ncc(Br)c(OC)n2)CC1.I. The lowest BCUT2D eigenvalue weighted by Gasteiger charge is -2.36. The molecule has 0 amide bonds. The minimum atomic E-state index is 0. The smallest absolute Gasteiger partial charge is 0.232 e. The van der Waals surface area contributed by atoms with E-state index in [1.165, 1.54) is 18.6 Å². The van der Waals surface area contributed by atoms with Gasteiger partial charge in [-0.3, -0.25) is 4.99 Å².